The highest BCUT2D eigenvalue weighted by atomic mass is 35.5. The Morgan fingerprint density at radius 1 is 0.636 bits per heavy atom. The van der Waals surface area contributed by atoms with Crippen LogP contribution in [0.25, 0.3) is 0 Å². The van der Waals surface area contributed by atoms with Crippen LogP contribution >= 0.6 is 11.6 Å². The Hall–Kier alpha value is -0.976. The molecule has 0 aliphatic rings. The molecule has 33 heavy (non-hydrogen) atoms. The lowest BCUT2D eigenvalue weighted by Gasteiger charge is -2.38. The van der Waals surface area contributed by atoms with Gasteiger partial charge in [-0.1, -0.05) is 107 Å². The zero-order valence-corrected chi connectivity index (χ0v) is 26.0. The van der Waals surface area contributed by atoms with E-state index in [1.807, 2.05) is 12.1 Å². The molecule has 1 aromatic rings. The molecule has 0 radical (unpaired) electrons. The quantitative estimate of drug-likeness (QED) is 0.292. The van der Waals surface area contributed by atoms with Gasteiger partial charge in [-0.3, -0.25) is 0 Å². The Morgan fingerprint density at radius 3 is 1.12 bits per heavy atom. The summed E-state index contributed by atoms with van der Waals surface area (Å²) >= 11 is 6.60. The Bertz CT molecular complexity index is 806. The molecule has 1 rings (SSSR count). The molecular formula is C29H48ClNSi2. The third kappa shape index (κ3) is 6.18. The first kappa shape index (κ1) is 30.1. The minimum Gasteiger partial charge on any atom is -0.326 e. The van der Waals surface area contributed by atoms with Gasteiger partial charge in [0, 0.05) is 22.7 Å². The van der Waals surface area contributed by atoms with Gasteiger partial charge in [0.15, 0.2) is 0 Å². The normalized spacial score (nSPS) is 12.6. The monoisotopic (exact) mass is 501 g/mol. The second kappa shape index (κ2) is 12.1. The Morgan fingerprint density at radius 2 is 0.909 bits per heavy atom. The molecule has 0 bridgehead atoms. The molecule has 0 atom stereocenters. The van der Waals surface area contributed by atoms with Crippen LogP contribution in [0.5, 0.6) is 0 Å². The number of rotatable bonds is 7. The van der Waals surface area contributed by atoms with Crippen molar-refractivity contribution in [1.29, 1.82) is 0 Å². The van der Waals surface area contributed by atoms with Gasteiger partial charge < -0.3 is 5.73 Å². The van der Waals surface area contributed by atoms with Crippen LogP contribution in [0.2, 0.25) is 38.3 Å². The summed E-state index contributed by atoms with van der Waals surface area (Å²) in [7, 11) is -3.70. The van der Waals surface area contributed by atoms with Crippen molar-refractivity contribution in [3.63, 3.8) is 0 Å². The minimum absolute atomic E-state index is 0.421. The molecule has 0 saturated carbocycles. The fraction of sp³-hybridized carbons (Fsp3) is 0.655. The molecule has 0 saturated heterocycles. The molecule has 4 heteroatoms. The van der Waals surface area contributed by atoms with Crippen molar-refractivity contribution in [3.05, 3.63) is 33.8 Å². The topological polar surface area (TPSA) is 26.0 Å². The van der Waals surface area contributed by atoms with Crippen LogP contribution in [0, 0.1) is 22.9 Å². The fourth-order valence-electron chi connectivity index (χ4n) is 6.30. The van der Waals surface area contributed by atoms with Gasteiger partial charge in [0.2, 0.25) is 0 Å². The maximum Gasteiger partial charge on any atom is 0.146 e. The van der Waals surface area contributed by atoms with Crippen molar-refractivity contribution < 1.29 is 0 Å². The van der Waals surface area contributed by atoms with Crippen molar-refractivity contribution in [3.8, 4) is 22.9 Å². The highest BCUT2D eigenvalue weighted by Crippen LogP contribution is 2.42. The molecule has 0 aliphatic carbocycles. The molecule has 0 spiro atoms. The minimum atomic E-state index is -1.85. The first-order valence-corrected chi connectivity index (χ1v) is 17.6. The summed E-state index contributed by atoms with van der Waals surface area (Å²) in [5.74, 6) is 7.17. The van der Waals surface area contributed by atoms with Gasteiger partial charge in [0.25, 0.3) is 0 Å². The number of hydrogen-bond acceptors (Lipinski definition) is 1. The van der Waals surface area contributed by atoms with Crippen LogP contribution in [-0.2, 0) is 6.54 Å². The van der Waals surface area contributed by atoms with Crippen LogP contribution in [0.1, 0.15) is 99.8 Å². The molecule has 2 N–H and O–H groups in total. The van der Waals surface area contributed by atoms with Gasteiger partial charge in [0.05, 0.1) is 0 Å². The highest BCUT2D eigenvalue weighted by Gasteiger charge is 2.42. The molecule has 0 aromatic heterocycles. The van der Waals surface area contributed by atoms with Gasteiger partial charge in [0.1, 0.15) is 16.1 Å². The second-order valence-electron chi connectivity index (χ2n) is 11.5. The zero-order valence-electron chi connectivity index (χ0n) is 23.3. The van der Waals surface area contributed by atoms with E-state index in [-0.39, 0.29) is 0 Å². The van der Waals surface area contributed by atoms with E-state index in [0.29, 0.717) is 44.8 Å². The van der Waals surface area contributed by atoms with E-state index < -0.39 is 16.1 Å². The van der Waals surface area contributed by atoms with Gasteiger partial charge in [-0.15, -0.1) is 11.1 Å². The van der Waals surface area contributed by atoms with Crippen molar-refractivity contribution in [2.75, 3.05) is 0 Å². The predicted octanol–water partition coefficient (Wildman–Crippen LogP) is 8.94. The molecular weight excluding hydrogens is 454 g/mol. The van der Waals surface area contributed by atoms with E-state index >= 15 is 0 Å². The van der Waals surface area contributed by atoms with Crippen LogP contribution < -0.4 is 5.73 Å². The number of nitrogens with two attached hydrogens (primary N) is 1. The van der Waals surface area contributed by atoms with Crippen molar-refractivity contribution in [1.82, 2.24) is 0 Å². The van der Waals surface area contributed by atoms with Gasteiger partial charge >= 0.3 is 0 Å². The Balaban J connectivity index is 3.80. The van der Waals surface area contributed by atoms with E-state index in [1.54, 1.807) is 0 Å². The van der Waals surface area contributed by atoms with E-state index in [0.717, 1.165) is 16.7 Å². The molecule has 0 fully saturated rings. The molecule has 0 heterocycles. The lowest BCUT2D eigenvalue weighted by Crippen LogP contribution is -2.43. The summed E-state index contributed by atoms with van der Waals surface area (Å²) in [5, 5.41) is 0.692. The van der Waals surface area contributed by atoms with E-state index in [2.05, 4.69) is 106 Å². The van der Waals surface area contributed by atoms with Crippen molar-refractivity contribution in [2.24, 2.45) is 5.73 Å². The highest BCUT2D eigenvalue weighted by molar-refractivity contribution is 6.91. The molecule has 0 unspecified atom stereocenters. The van der Waals surface area contributed by atoms with Crippen molar-refractivity contribution >= 4 is 27.7 Å². The zero-order chi connectivity index (χ0) is 25.7. The van der Waals surface area contributed by atoms with Crippen LogP contribution in [0.4, 0.5) is 0 Å². The van der Waals surface area contributed by atoms with Crippen LogP contribution in [0.15, 0.2) is 12.1 Å². The van der Waals surface area contributed by atoms with Gasteiger partial charge in [-0.25, -0.2) is 0 Å². The van der Waals surface area contributed by atoms with Gasteiger partial charge in [-0.2, -0.15) is 0 Å². The fourth-order valence-corrected chi connectivity index (χ4v) is 16.9. The molecule has 0 aliphatic heterocycles. The maximum atomic E-state index is 6.60. The Labute approximate surface area is 212 Å². The molecule has 1 aromatic carbocycles. The predicted molar refractivity (Wildman–Crippen MR) is 155 cm³/mol. The largest absolute Gasteiger partial charge is 0.326 e. The molecule has 184 valence electrons. The Kier molecular flexibility index (Phi) is 11.0. The summed E-state index contributed by atoms with van der Waals surface area (Å²) in [4.78, 5) is 0. The van der Waals surface area contributed by atoms with Crippen LogP contribution in [-0.4, -0.2) is 16.1 Å². The summed E-state index contributed by atoms with van der Waals surface area (Å²) in [6, 6.07) is 3.97. The molecule has 1 nitrogen and oxygen atoms in total. The first-order valence-electron chi connectivity index (χ1n) is 12.8. The number of hydrogen-bond donors (Lipinski definition) is 1. The van der Waals surface area contributed by atoms with Crippen LogP contribution in [0.3, 0.4) is 0 Å². The number of benzene rings is 1. The average Bonchev–Trinajstić information content (AvgIpc) is 2.67. The van der Waals surface area contributed by atoms with Crippen molar-refractivity contribution in [2.45, 2.75) is 123 Å². The van der Waals surface area contributed by atoms with Gasteiger partial charge in [-0.05, 0) is 50.9 Å². The standard InChI is InChI=1S/C29H48ClNSi2/c1-20(2)32(21(3)4,22(5)6)15-13-26-17-28(30)18-27(29(26)19-31)14-16-33(23(7)8,24(9)10)25(11)12/h17-18,20-25H,19,31H2,1-12H3. The average molecular weight is 502 g/mol. The SMILES string of the molecule is CC(C)[Si](C#Cc1cc(Cl)cc(C#C[Si](C(C)C)(C(C)C)C(C)C)c1CN)(C(C)C)C(C)C. The number of halogens is 1. The second-order valence-corrected chi connectivity index (χ2v) is 23.1. The van der Waals surface area contributed by atoms with E-state index in [4.69, 9.17) is 17.3 Å². The molecule has 0 amide bonds. The summed E-state index contributed by atoms with van der Waals surface area (Å²) in [6.45, 7) is 28.5. The first-order chi connectivity index (χ1) is 15.2. The smallest absolute Gasteiger partial charge is 0.146 e. The van der Waals surface area contributed by atoms with E-state index in [1.165, 1.54) is 0 Å². The lowest BCUT2D eigenvalue weighted by molar-refractivity contribution is 0.838. The third-order valence-electron chi connectivity index (χ3n) is 7.98. The lowest BCUT2D eigenvalue weighted by atomic mass is 10.0. The summed E-state index contributed by atoms with van der Waals surface area (Å²) in [6.07, 6.45) is 0. The van der Waals surface area contributed by atoms with E-state index in [9.17, 15) is 0 Å². The summed E-state index contributed by atoms with van der Waals surface area (Å²) < 4.78 is 0. The summed E-state index contributed by atoms with van der Waals surface area (Å²) in [5.41, 5.74) is 20.4. The third-order valence-corrected chi connectivity index (χ3v) is 20.8. The maximum absolute atomic E-state index is 6.60.